The first-order chi connectivity index (χ1) is 14.1. The maximum atomic E-state index is 13.4. The van der Waals surface area contributed by atoms with Crippen molar-refractivity contribution in [3.63, 3.8) is 0 Å². The van der Waals surface area contributed by atoms with Gasteiger partial charge < -0.3 is 9.84 Å². The van der Waals surface area contributed by atoms with Crippen molar-refractivity contribution < 1.29 is 17.7 Å². The van der Waals surface area contributed by atoms with Crippen molar-refractivity contribution in [2.45, 2.75) is 45.4 Å². The molecule has 0 unspecified atom stereocenters. The zero-order valence-electron chi connectivity index (χ0n) is 18.2. The van der Waals surface area contributed by atoms with Crippen molar-refractivity contribution in [1.82, 2.24) is 14.8 Å². The molecule has 2 heterocycles. The number of carbonyl (C=O) groups is 1. The third-order valence-electron chi connectivity index (χ3n) is 5.57. The summed E-state index contributed by atoms with van der Waals surface area (Å²) >= 11 is 0. The molecule has 0 bridgehead atoms. The second-order valence-corrected chi connectivity index (χ2v) is 9.80. The molecule has 0 aliphatic carbocycles. The Balaban J connectivity index is 1.95. The van der Waals surface area contributed by atoms with Crippen LogP contribution in [0.3, 0.4) is 0 Å². The van der Waals surface area contributed by atoms with Gasteiger partial charge in [-0.2, -0.15) is 4.31 Å². The Morgan fingerprint density at radius 2 is 1.87 bits per heavy atom. The fourth-order valence-electron chi connectivity index (χ4n) is 4.12. The van der Waals surface area contributed by atoms with Crippen molar-refractivity contribution >= 4 is 28.1 Å². The summed E-state index contributed by atoms with van der Waals surface area (Å²) in [6.45, 7) is 8.25. The summed E-state index contributed by atoms with van der Waals surface area (Å²) < 4.78 is 33.5. The zero-order chi connectivity index (χ0) is 22.1. The van der Waals surface area contributed by atoms with E-state index in [1.54, 1.807) is 20.0 Å². The SMILES string of the molecule is CNC(=O)[C@H]1CCCN(S(=O)(=O)c2c(C)noc2/C=C/c2c(C)cc(C)cc2C)C1. The topological polar surface area (TPSA) is 92.5 Å². The van der Waals surface area contributed by atoms with Crippen LogP contribution in [-0.4, -0.2) is 43.9 Å². The Hall–Kier alpha value is -2.45. The zero-order valence-corrected chi connectivity index (χ0v) is 19.0. The van der Waals surface area contributed by atoms with Gasteiger partial charge in [0.1, 0.15) is 5.69 Å². The van der Waals surface area contributed by atoms with E-state index in [0.717, 1.165) is 16.7 Å². The molecule has 1 amide bonds. The molecule has 0 saturated carbocycles. The summed E-state index contributed by atoms with van der Waals surface area (Å²) in [4.78, 5) is 12.1. The molecule has 1 N–H and O–H groups in total. The highest BCUT2D eigenvalue weighted by atomic mass is 32.2. The van der Waals surface area contributed by atoms with Gasteiger partial charge in [-0.1, -0.05) is 28.9 Å². The van der Waals surface area contributed by atoms with Crippen molar-refractivity contribution in [3.8, 4) is 0 Å². The van der Waals surface area contributed by atoms with E-state index in [2.05, 4.69) is 22.6 Å². The van der Waals surface area contributed by atoms with Crippen molar-refractivity contribution in [2.24, 2.45) is 5.92 Å². The number of amides is 1. The Morgan fingerprint density at radius 3 is 2.50 bits per heavy atom. The lowest BCUT2D eigenvalue weighted by Gasteiger charge is -2.30. The van der Waals surface area contributed by atoms with Crippen LogP contribution in [0, 0.1) is 33.6 Å². The summed E-state index contributed by atoms with van der Waals surface area (Å²) in [6.07, 6.45) is 4.84. The van der Waals surface area contributed by atoms with Gasteiger partial charge in [0.15, 0.2) is 10.7 Å². The number of nitrogens with zero attached hydrogens (tertiary/aromatic N) is 2. The summed E-state index contributed by atoms with van der Waals surface area (Å²) in [7, 11) is -2.27. The van der Waals surface area contributed by atoms with Crippen LogP contribution >= 0.6 is 0 Å². The average Bonchev–Trinajstić information content (AvgIpc) is 3.07. The molecule has 0 radical (unpaired) electrons. The molecule has 8 heteroatoms. The molecule has 1 fully saturated rings. The average molecular weight is 432 g/mol. The van der Waals surface area contributed by atoms with Gasteiger partial charge in [0.25, 0.3) is 0 Å². The Morgan fingerprint density at radius 1 is 1.20 bits per heavy atom. The molecule has 30 heavy (non-hydrogen) atoms. The van der Waals surface area contributed by atoms with Crippen LogP contribution in [0.25, 0.3) is 12.2 Å². The molecule has 1 saturated heterocycles. The molecule has 7 nitrogen and oxygen atoms in total. The maximum Gasteiger partial charge on any atom is 0.248 e. The number of hydrogen-bond acceptors (Lipinski definition) is 5. The van der Waals surface area contributed by atoms with Crippen LogP contribution in [0.1, 0.15) is 46.5 Å². The van der Waals surface area contributed by atoms with Crippen LogP contribution in [-0.2, 0) is 14.8 Å². The molecule has 1 aliphatic rings. The van der Waals surface area contributed by atoms with E-state index in [9.17, 15) is 13.2 Å². The Kier molecular flexibility index (Phi) is 6.47. The van der Waals surface area contributed by atoms with Gasteiger partial charge in [-0.05, 0) is 63.3 Å². The lowest BCUT2D eigenvalue weighted by molar-refractivity contribution is -0.125. The number of aromatic nitrogens is 1. The van der Waals surface area contributed by atoms with E-state index in [4.69, 9.17) is 4.52 Å². The van der Waals surface area contributed by atoms with E-state index < -0.39 is 10.0 Å². The minimum Gasteiger partial charge on any atom is -0.359 e. The molecule has 3 rings (SSSR count). The van der Waals surface area contributed by atoms with Gasteiger partial charge >= 0.3 is 0 Å². The van der Waals surface area contributed by atoms with Crippen molar-refractivity contribution in [3.05, 3.63) is 45.8 Å². The molecular formula is C22H29N3O4S. The van der Waals surface area contributed by atoms with Gasteiger partial charge in [0.2, 0.25) is 15.9 Å². The second kappa shape index (κ2) is 8.73. The number of aryl methyl sites for hydroxylation is 4. The molecule has 1 atom stereocenters. The number of carbonyl (C=O) groups excluding carboxylic acids is 1. The van der Waals surface area contributed by atoms with E-state index >= 15 is 0 Å². The number of rotatable bonds is 5. The Labute approximate surface area is 178 Å². The Bertz CT molecular complexity index is 1060. The highest BCUT2D eigenvalue weighted by Crippen LogP contribution is 2.30. The molecule has 1 aromatic carbocycles. The largest absolute Gasteiger partial charge is 0.359 e. The molecule has 1 aromatic heterocycles. The maximum absolute atomic E-state index is 13.4. The minimum atomic E-state index is -3.84. The molecular weight excluding hydrogens is 402 g/mol. The van der Waals surface area contributed by atoms with Gasteiger partial charge in [-0.15, -0.1) is 0 Å². The molecule has 0 spiro atoms. The standard InChI is InChI=1S/C22H29N3O4S/c1-14-11-15(2)19(16(3)12-14)8-9-20-21(17(4)24-29-20)30(27,28)25-10-6-7-18(13-25)22(26)23-5/h8-9,11-12,18H,6-7,10,13H2,1-5H3,(H,23,26)/b9-8+/t18-/m0/s1. The lowest BCUT2D eigenvalue weighted by Crippen LogP contribution is -2.44. The summed E-state index contributed by atoms with van der Waals surface area (Å²) in [5.74, 6) is -0.285. The molecule has 162 valence electrons. The number of sulfonamides is 1. The van der Waals surface area contributed by atoms with Gasteiger partial charge in [-0.3, -0.25) is 4.79 Å². The van der Waals surface area contributed by atoms with E-state index in [1.807, 2.05) is 26.8 Å². The number of hydrogen-bond donors (Lipinski definition) is 1. The van der Waals surface area contributed by atoms with E-state index in [0.29, 0.717) is 25.1 Å². The highest BCUT2D eigenvalue weighted by molar-refractivity contribution is 7.89. The number of piperidine rings is 1. The monoisotopic (exact) mass is 431 g/mol. The number of nitrogens with one attached hydrogen (secondary N) is 1. The lowest BCUT2D eigenvalue weighted by atomic mass is 9.99. The van der Waals surface area contributed by atoms with Crippen molar-refractivity contribution in [1.29, 1.82) is 0 Å². The summed E-state index contributed by atoms with van der Waals surface area (Å²) in [5, 5.41) is 6.52. The first kappa shape index (κ1) is 22.2. The van der Waals surface area contributed by atoms with Crippen LogP contribution in [0.2, 0.25) is 0 Å². The van der Waals surface area contributed by atoms with E-state index in [-0.39, 0.29) is 29.0 Å². The molecule has 1 aliphatic heterocycles. The van der Waals surface area contributed by atoms with Gasteiger partial charge in [0.05, 0.1) is 5.92 Å². The van der Waals surface area contributed by atoms with Crippen LogP contribution in [0.5, 0.6) is 0 Å². The van der Waals surface area contributed by atoms with Crippen LogP contribution in [0.4, 0.5) is 0 Å². The quantitative estimate of drug-likeness (QED) is 0.785. The van der Waals surface area contributed by atoms with Gasteiger partial charge in [0, 0.05) is 20.1 Å². The van der Waals surface area contributed by atoms with Crippen molar-refractivity contribution in [2.75, 3.05) is 20.1 Å². The van der Waals surface area contributed by atoms with Crippen LogP contribution < -0.4 is 5.32 Å². The smallest absolute Gasteiger partial charge is 0.248 e. The highest BCUT2D eigenvalue weighted by Gasteiger charge is 2.36. The normalized spacial score (nSPS) is 18.1. The van der Waals surface area contributed by atoms with Gasteiger partial charge in [-0.25, -0.2) is 8.42 Å². The second-order valence-electron chi connectivity index (χ2n) is 7.92. The fraction of sp³-hybridized carbons (Fsp3) is 0.455. The number of benzene rings is 1. The first-order valence-electron chi connectivity index (χ1n) is 10.1. The van der Waals surface area contributed by atoms with Crippen LogP contribution in [0.15, 0.2) is 21.6 Å². The third-order valence-corrected chi connectivity index (χ3v) is 7.60. The molecule has 2 aromatic rings. The predicted octanol–water partition coefficient (Wildman–Crippen LogP) is 3.23. The minimum absolute atomic E-state index is 0.0683. The fourth-order valence-corrected chi connectivity index (χ4v) is 5.89. The predicted molar refractivity (Wildman–Crippen MR) is 116 cm³/mol. The van der Waals surface area contributed by atoms with E-state index in [1.165, 1.54) is 9.87 Å². The summed E-state index contributed by atoms with van der Waals surface area (Å²) in [6, 6.07) is 4.17. The first-order valence-corrected chi connectivity index (χ1v) is 11.5. The summed E-state index contributed by atoms with van der Waals surface area (Å²) in [5.41, 5.74) is 4.73. The third kappa shape index (κ3) is 4.34.